The number of rotatable bonds is 7. The van der Waals surface area contributed by atoms with Crippen molar-refractivity contribution in [3.8, 4) is 0 Å². The molecule has 0 fully saturated rings. The normalized spacial score (nSPS) is 16.9. The van der Waals surface area contributed by atoms with Crippen molar-refractivity contribution >= 4 is 25.4 Å². The second kappa shape index (κ2) is 5.74. The van der Waals surface area contributed by atoms with E-state index >= 15 is 0 Å². The molecule has 0 amide bonds. The highest BCUT2D eigenvalue weighted by Crippen LogP contribution is 2.21. The molecule has 16 heavy (non-hydrogen) atoms. The molecule has 0 heterocycles. The molecule has 0 aliphatic carbocycles. The molecule has 1 unspecified atom stereocenters. The molecule has 0 spiro atoms. The fourth-order valence-corrected chi connectivity index (χ4v) is 13.3. The summed E-state index contributed by atoms with van der Waals surface area (Å²) in [5, 5.41) is 0. The second-order valence-electron chi connectivity index (χ2n) is 5.37. The van der Waals surface area contributed by atoms with Crippen molar-refractivity contribution in [2.75, 3.05) is 6.61 Å². The van der Waals surface area contributed by atoms with Crippen molar-refractivity contribution in [2.45, 2.75) is 46.2 Å². The molecule has 0 saturated heterocycles. The van der Waals surface area contributed by atoms with E-state index in [4.69, 9.17) is 12.7 Å². The summed E-state index contributed by atoms with van der Waals surface area (Å²) < 4.78 is 18.0. The van der Waals surface area contributed by atoms with E-state index in [1.807, 2.05) is 19.2 Å². The van der Waals surface area contributed by atoms with Crippen LogP contribution in [0.4, 0.5) is 0 Å². The lowest BCUT2D eigenvalue weighted by atomic mass is 10.9. The zero-order valence-electron chi connectivity index (χ0n) is 11.7. The summed E-state index contributed by atoms with van der Waals surface area (Å²) in [6, 6.07) is 0. The number of hydrogen-bond donors (Lipinski definition) is 0. The van der Waals surface area contributed by atoms with Crippen LogP contribution in [0, 0.1) is 0 Å². The molecule has 0 aromatic heterocycles. The van der Waals surface area contributed by atoms with E-state index in [0.29, 0.717) is 6.61 Å². The fourth-order valence-electron chi connectivity index (χ4n) is 1.66. The lowest BCUT2D eigenvalue weighted by Gasteiger charge is -2.36. The van der Waals surface area contributed by atoms with Crippen LogP contribution in [0.5, 0.6) is 0 Å². The van der Waals surface area contributed by atoms with Crippen molar-refractivity contribution in [2.24, 2.45) is 0 Å². The van der Waals surface area contributed by atoms with Crippen LogP contribution < -0.4 is 0 Å². The van der Waals surface area contributed by atoms with Gasteiger partial charge >= 0.3 is 17.1 Å². The van der Waals surface area contributed by atoms with Gasteiger partial charge in [0.05, 0.1) is 0 Å². The monoisotopic (exact) mass is 278 g/mol. The Morgan fingerprint density at radius 1 is 1.00 bits per heavy atom. The van der Waals surface area contributed by atoms with Gasteiger partial charge in [0, 0.05) is 6.61 Å². The van der Waals surface area contributed by atoms with E-state index in [9.17, 15) is 0 Å². The Balaban J connectivity index is 4.60. The summed E-state index contributed by atoms with van der Waals surface area (Å²) in [5.74, 6) is 0. The molecule has 0 aromatic rings. The first-order chi connectivity index (χ1) is 7.04. The largest absolute Gasteiger partial charge is 0.437 e. The van der Waals surface area contributed by atoms with Crippen LogP contribution in [0.2, 0.25) is 39.3 Å². The van der Waals surface area contributed by atoms with Gasteiger partial charge in [0.2, 0.25) is 0 Å². The van der Waals surface area contributed by atoms with E-state index in [2.05, 4.69) is 39.3 Å². The summed E-state index contributed by atoms with van der Waals surface area (Å²) in [7, 11) is -5.90. The van der Waals surface area contributed by atoms with Crippen LogP contribution in [-0.4, -0.2) is 32.0 Å². The van der Waals surface area contributed by atoms with Gasteiger partial charge in [-0.25, -0.2) is 0 Å². The molecule has 96 valence electrons. The molecule has 1 atom stereocenters. The van der Waals surface area contributed by atoms with Crippen LogP contribution in [0.15, 0.2) is 12.3 Å². The Kier molecular flexibility index (Phi) is 5.84. The molecule has 0 N–H and O–H groups in total. The summed E-state index contributed by atoms with van der Waals surface area (Å²) in [4.78, 5) is 0. The van der Waals surface area contributed by atoms with Crippen molar-refractivity contribution in [3.63, 3.8) is 0 Å². The van der Waals surface area contributed by atoms with Gasteiger partial charge in [0.25, 0.3) is 0 Å². The van der Waals surface area contributed by atoms with Crippen LogP contribution in [-0.2, 0) is 12.7 Å². The molecule has 0 rings (SSSR count). The van der Waals surface area contributed by atoms with Crippen molar-refractivity contribution < 1.29 is 12.7 Å². The minimum absolute atomic E-state index is 0.659. The van der Waals surface area contributed by atoms with Gasteiger partial charge in [-0.05, 0) is 46.2 Å². The summed E-state index contributed by atoms with van der Waals surface area (Å²) in [6.07, 6.45) is 0. The average molecular weight is 279 g/mol. The zero-order valence-corrected chi connectivity index (χ0v) is 14.7. The van der Waals surface area contributed by atoms with E-state index in [1.165, 1.54) is 0 Å². The maximum atomic E-state index is 6.14. The van der Waals surface area contributed by atoms with E-state index < -0.39 is 25.4 Å². The van der Waals surface area contributed by atoms with Crippen molar-refractivity contribution in [1.29, 1.82) is 0 Å². The van der Waals surface area contributed by atoms with Crippen molar-refractivity contribution in [3.05, 3.63) is 12.3 Å². The smallest absolute Gasteiger partial charge is 0.352 e. The van der Waals surface area contributed by atoms with Gasteiger partial charge in [-0.2, -0.15) is 0 Å². The van der Waals surface area contributed by atoms with Crippen LogP contribution >= 0.6 is 0 Å². The summed E-state index contributed by atoms with van der Waals surface area (Å²) in [5.41, 5.74) is 1.83. The van der Waals surface area contributed by atoms with Gasteiger partial charge in [-0.15, -0.1) is 6.58 Å². The molecule has 0 aliphatic heterocycles. The predicted octanol–water partition coefficient (Wildman–Crippen LogP) is 3.39. The first-order valence-corrected chi connectivity index (χ1v) is 14.3. The Hall–Kier alpha value is 0.271. The predicted molar refractivity (Wildman–Crippen MR) is 76.4 cm³/mol. The minimum Gasteiger partial charge on any atom is -0.437 e. The first-order valence-electron chi connectivity index (χ1n) is 5.71. The lowest BCUT2D eigenvalue weighted by Crippen LogP contribution is -2.53. The molecule has 0 radical (unpaired) electrons. The third kappa shape index (κ3) is 6.77. The Morgan fingerprint density at radius 3 is 1.81 bits per heavy atom. The molecule has 6 heteroatoms. The van der Waals surface area contributed by atoms with Crippen molar-refractivity contribution in [1.82, 2.24) is 0 Å². The second-order valence-corrected chi connectivity index (χ2v) is 16.8. The zero-order chi connectivity index (χ0) is 13.0. The molecule has 0 aliphatic rings. The van der Waals surface area contributed by atoms with Crippen LogP contribution in [0.3, 0.4) is 0 Å². The lowest BCUT2D eigenvalue weighted by molar-refractivity contribution is 0.248. The van der Waals surface area contributed by atoms with E-state index in [1.54, 1.807) is 0 Å². The van der Waals surface area contributed by atoms with Gasteiger partial charge < -0.3 is 12.7 Å². The standard InChI is InChI=1S/C10H26O3Si3/c1-9-11-16(8,10-2)13-15(6,7)12-14(3,4)5/h10H,2,9H2,1,3-8H3. The Morgan fingerprint density at radius 2 is 1.50 bits per heavy atom. The molecule has 0 bridgehead atoms. The Labute approximate surface area is 103 Å². The number of hydrogen-bond acceptors (Lipinski definition) is 3. The fraction of sp³-hybridized carbons (Fsp3) is 0.800. The van der Waals surface area contributed by atoms with Gasteiger partial charge in [-0.1, -0.05) is 5.70 Å². The third-order valence-electron chi connectivity index (χ3n) is 1.80. The topological polar surface area (TPSA) is 27.7 Å². The average Bonchev–Trinajstić information content (AvgIpc) is 1.98. The molecular weight excluding hydrogens is 252 g/mol. The molecule has 3 nitrogen and oxygen atoms in total. The molecule has 0 saturated carbocycles. The third-order valence-corrected chi connectivity index (χ3v) is 11.4. The van der Waals surface area contributed by atoms with Gasteiger partial charge in [0.1, 0.15) is 0 Å². The maximum Gasteiger partial charge on any atom is 0.352 e. The highest BCUT2D eigenvalue weighted by molar-refractivity contribution is 6.87. The van der Waals surface area contributed by atoms with E-state index in [0.717, 1.165) is 0 Å². The minimum atomic E-state index is -2.24. The van der Waals surface area contributed by atoms with Gasteiger partial charge in [-0.3, -0.25) is 0 Å². The highest BCUT2D eigenvalue weighted by atomic mass is 28.5. The molecular formula is C10H26O3Si3. The highest BCUT2D eigenvalue weighted by Gasteiger charge is 2.40. The van der Waals surface area contributed by atoms with E-state index in [-0.39, 0.29) is 0 Å². The maximum absolute atomic E-state index is 6.14. The SMILES string of the molecule is C=C[Si](C)(OCC)O[Si](C)(C)O[Si](C)(C)C. The van der Waals surface area contributed by atoms with Gasteiger partial charge in [0.15, 0.2) is 8.32 Å². The first kappa shape index (κ1) is 16.3. The summed E-state index contributed by atoms with van der Waals surface area (Å²) >= 11 is 0. The van der Waals surface area contributed by atoms with Crippen LogP contribution in [0.25, 0.3) is 0 Å². The van der Waals surface area contributed by atoms with Crippen LogP contribution in [0.1, 0.15) is 6.92 Å². The molecule has 0 aromatic carbocycles. The summed E-state index contributed by atoms with van der Waals surface area (Å²) in [6.45, 7) is 19.2. The Bertz CT molecular complexity index is 238. The quantitative estimate of drug-likeness (QED) is 0.668.